The van der Waals surface area contributed by atoms with Crippen molar-refractivity contribution in [3.05, 3.63) is 71.8 Å². The highest BCUT2D eigenvalue weighted by Crippen LogP contribution is 2.28. The molecule has 1 aliphatic rings. The highest BCUT2D eigenvalue weighted by atomic mass is 79.9. The number of methoxy groups -OCH3 is 1. The van der Waals surface area contributed by atoms with Crippen LogP contribution in [0.25, 0.3) is 0 Å². The van der Waals surface area contributed by atoms with Gasteiger partial charge in [0.05, 0.1) is 11.1 Å². The van der Waals surface area contributed by atoms with Crippen LogP contribution in [0.2, 0.25) is 0 Å². The average molecular weight is 449 g/mol. The molecular formula is C21H21BrO6. The Morgan fingerprint density at radius 1 is 0.964 bits per heavy atom. The maximum Gasteiger partial charge on any atom is 0.338 e. The molecule has 0 N–H and O–H groups in total. The zero-order valence-corrected chi connectivity index (χ0v) is 16.9. The van der Waals surface area contributed by atoms with Gasteiger partial charge in [-0.2, -0.15) is 0 Å². The first kappa shape index (κ1) is 20.5. The fourth-order valence-electron chi connectivity index (χ4n) is 2.98. The highest BCUT2D eigenvalue weighted by Gasteiger charge is 2.43. The lowest BCUT2D eigenvalue weighted by Gasteiger charge is -2.39. The molecule has 0 radical (unpaired) electrons. The van der Waals surface area contributed by atoms with E-state index in [0.29, 0.717) is 16.5 Å². The van der Waals surface area contributed by atoms with Gasteiger partial charge in [-0.3, -0.25) is 0 Å². The van der Waals surface area contributed by atoms with E-state index in [1.54, 1.807) is 48.5 Å². The number of carbonyl (C=O) groups excluding carboxylic acids is 2. The van der Waals surface area contributed by atoms with Crippen molar-refractivity contribution in [2.75, 3.05) is 12.4 Å². The molecule has 148 valence electrons. The summed E-state index contributed by atoms with van der Waals surface area (Å²) in [5.74, 6) is -0.992. The molecule has 0 aliphatic carbocycles. The van der Waals surface area contributed by atoms with Gasteiger partial charge in [-0.05, 0) is 24.3 Å². The molecule has 0 aromatic heterocycles. The molecule has 1 heterocycles. The predicted octanol–water partition coefficient (Wildman–Crippen LogP) is 3.59. The normalized spacial score (nSPS) is 24.4. The highest BCUT2D eigenvalue weighted by molar-refractivity contribution is 9.09. The van der Waals surface area contributed by atoms with E-state index in [0.717, 1.165) is 0 Å². The zero-order chi connectivity index (χ0) is 19.9. The molecule has 0 spiro atoms. The van der Waals surface area contributed by atoms with Crippen LogP contribution in [0.3, 0.4) is 0 Å². The van der Waals surface area contributed by atoms with Gasteiger partial charge >= 0.3 is 11.9 Å². The number of alkyl halides is 1. The van der Waals surface area contributed by atoms with E-state index >= 15 is 0 Å². The summed E-state index contributed by atoms with van der Waals surface area (Å²) in [4.78, 5) is 25.1. The van der Waals surface area contributed by atoms with Crippen molar-refractivity contribution in [3.8, 4) is 0 Å². The smallest absolute Gasteiger partial charge is 0.338 e. The Bertz CT molecular complexity index is 782. The van der Waals surface area contributed by atoms with Crippen molar-refractivity contribution < 1.29 is 28.5 Å². The summed E-state index contributed by atoms with van der Waals surface area (Å²) in [6.45, 7) is 0. The third kappa shape index (κ3) is 4.98. The van der Waals surface area contributed by atoms with E-state index in [-0.39, 0.29) is 6.42 Å². The summed E-state index contributed by atoms with van der Waals surface area (Å²) >= 11 is 3.38. The van der Waals surface area contributed by atoms with Crippen LogP contribution in [0.5, 0.6) is 0 Å². The fourth-order valence-corrected chi connectivity index (χ4v) is 3.50. The lowest BCUT2D eigenvalue weighted by atomic mass is 10.0. The second-order valence-electron chi connectivity index (χ2n) is 6.28. The van der Waals surface area contributed by atoms with Crippen LogP contribution in [-0.4, -0.2) is 49.0 Å². The van der Waals surface area contributed by atoms with Crippen LogP contribution >= 0.6 is 15.9 Å². The van der Waals surface area contributed by atoms with Gasteiger partial charge in [0.25, 0.3) is 0 Å². The Morgan fingerprint density at radius 3 is 2.00 bits per heavy atom. The summed E-state index contributed by atoms with van der Waals surface area (Å²) in [5, 5.41) is 0.388. The minimum Gasteiger partial charge on any atom is -0.455 e. The van der Waals surface area contributed by atoms with E-state index in [2.05, 4.69) is 15.9 Å². The maximum atomic E-state index is 12.6. The van der Waals surface area contributed by atoms with Crippen molar-refractivity contribution in [1.82, 2.24) is 0 Å². The molecule has 2 aromatic rings. The van der Waals surface area contributed by atoms with E-state index in [1.807, 2.05) is 12.1 Å². The summed E-state index contributed by atoms with van der Waals surface area (Å²) in [6.07, 6.45) is -2.32. The number of halogens is 1. The molecule has 28 heavy (non-hydrogen) atoms. The first-order valence-corrected chi connectivity index (χ1v) is 10.0. The van der Waals surface area contributed by atoms with Gasteiger partial charge in [-0.1, -0.05) is 52.3 Å². The standard InChI is InChI=1S/C21H21BrO6/c1-25-18-12-16(27-20(23)14-8-4-2-5-9-14)19(17(13-22)26-18)28-21(24)15-10-6-3-7-11-15/h2-11,16-19H,12-13H2,1H3/t16-,17+,18+,19-/m0/s1. The Balaban J connectivity index is 1.79. The largest absolute Gasteiger partial charge is 0.455 e. The van der Waals surface area contributed by atoms with E-state index in [4.69, 9.17) is 18.9 Å². The lowest BCUT2D eigenvalue weighted by molar-refractivity contribution is -0.235. The van der Waals surface area contributed by atoms with Crippen LogP contribution in [-0.2, 0) is 18.9 Å². The average Bonchev–Trinajstić information content (AvgIpc) is 2.75. The van der Waals surface area contributed by atoms with Crippen molar-refractivity contribution in [3.63, 3.8) is 0 Å². The summed E-state index contributed by atoms with van der Waals surface area (Å²) < 4.78 is 22.5. The van der Waals surface area contributed by atoms with Crippen LogP contribution in [0.4, 0.5) is 0 Å². The molecule has 1 fully saturated rings. The summed E-state index contributed by atoms with van der Waals surface area (Å²) in [7, 11) is 1.52. The van der Waals surface area contributed by atoms with Gasteiger partial charge in [0.2, 0.25) is 0 Å². The number of hydrogen-bond donors (Lipinski definition) is 0. The minimum absolute atomic E-state index is 0.255. The molecule has 6 nitrogen and oxygen atoms in total. The molecule has 4 atom stereocenters. The molecule has 3 rings (SSSR count). The number of esters is 2. The first-order valence-electron chi connectivity index (χ1n) is 8.88. The number of hydrogen-bond acceptors (Lipinski definition) is 6. The Labute approximate surface area is 171 Å². The Kier molecular flexibility index (Phi) is 7.19. The SMILES string of the molecule is CO[C@H]1C[C@H](OC(=O)c2ccccc2)[C@H](OC(=O)c2ccccc2)[C@@H](CBr)O1. The second-order valence-corrected chi connectivity index (χ2v) is 6.92. The molecule has 0 bridgehead atoms. The Hall–Kier alpha value is -2.22. The monoisotopic (exact) mass is 448 g/mol. The van der Waals surface area contributed by atoms with Gasteiger partial charge in [-0.25, -0.2) is 9.59 Å². The third-order valence-electron chi connectivity index (χ3n) is 4.42. The van der Waals surface area contributed by atoms with Gasteiger partial charge in [0, 0.05) is 18.9 Å². The third-order valence-corrected chi connectivity index (χ3v) is 5.06. The molecule has 0 amide bonds. The minimum atomic E-state index is -0.772. The molecule has 1 saturated heterocycles. The Morgan fingerprint density at radius 2 is 1.50 bits per heavy atom. The molecule has 1 aliphatic heterocycles. The maximum absolute atomic E-state index is 12.6. The number of ether oxygens (including phenoxy) is 4. The van der Waals surface area contributed by atoms with Crippen molar-refractivity contribution in [2.45, 2.75) is 31.0 Å². The van der Waals surface area contributed by atoms with Crippen molar-refractivity contribution in [1.29, 1.82) is 0 Å². The fraction of sp³-hybridized carbons (Fsp3) is 0.333. The molecular weight excluding hydrogens is 428 g/mol. The number of rotatable bonds is 6. The van der Waals surface area contributed by atoms with Crippen molar-refractivity contribution in [2.24, 2.45) is 0 Å². The van der Waals surface area contributed by atoms with E-state index in [1.165, 1.54) is 7.11 Å². The predicted molar refractivity (Wildman–Crippen MR) is 105 cm³/mol. The molecule has 0 saturated carbocycles. The van der Waals surface area contributed by atoms with Crippen LogP contribution in [0.15, 0.2) is 60.7 Å². The topological polar surface area (TPSA) is 71.1 Å². The van der Waals surface area contributed by atoms with E-state index < -0.39 is 36.5 Å². The van der Waals surface area contributed by atoms with Gasteiger partial charge < -0.3 is 18.9 Å². The zero-order valence-electron chi connectivity index (χ0n) is 15.3. The van der Waals surface area contributed by atoms with Crippen LogP contribution in [0.1, 0.15) is 27.1 Å². The van der Waals surface area contributed by atoms with E-state index in [9.17, 15) is 9.59 Å². The second kappa shape index (κ2) is 9.82. The summed E-state index contributed by atoms with van der Waals surface area (Å²) in [6, 6.07) is 17.3. The quantitative estimate of drug-likeness (QED) is 0.496. The first-order chi connectivity index (χ1) is 13.6. The molecule has 7 heteroatoms. The molecule has 2 aromatic carbocycles. The lowest BCUT2D eigenvalue weighted by Crippen LogP contribution is -2.53. The van der Waals surface area contributed by atoms with Crippen molar-refractivity contribution >= 4 is 27.9 Å². The van der Waals surface area contributed by atoms with Crippen LogP contribution in [0, 0.1) is 0 Å². The number of carbonyl (C=O) groups is 2. The van der Waals surface area contributed by atoms with Gasteiger partial charge in [0.1, 0.15) is 12.2 Å². The molecule has 0 unspecified atom stereocenters. The number of benzene rings is 2. The van der Waals surface area contributed by atoms with Crippen LogP contribution < -0.4 is 0 Å². The van der Waals surface area contributed by atoms with Gasteiger partial charge in [0.15, 0.2) is 12.4 Å². The summed E-state index contributed by atoms with van der Waals surface area (Å²) in [5.41, 5.74) is 0.837. The van der Waals surface area contributed by atoms with Gasteiger partial charge in [-0.15, -0.1) is 0 Å².